The lowest BCUT2D eigenvalue weighted by Crippen LogP contribution is -2.26. The van der Waals surface area contributed by atoms with Gasteiger partial charge in [0.2, 0.25) is 0 Å². The molecule has 0 saturated heterocycles. The molecule has 0 bridgehead atoms. The van der Waals surface area contributed by atoms with Crippen LogP contribution in [0.5, 0.6) is 11.5 Å². The fourth-order valence-electron chi connectivity index (χ4n) is 3.61. The molecule has 6 nitrogen and oxygen atoms in total. The first kappa shape index (κ1) is 21.8. The van der Waals surface area contributed by atoms with Crippen molar-refractivity contribution in [1.29, 1.82) is 0 Å². The Morgan fingerprint density at radius 2 is 1.91 bits per heavy atom. The predicted molar refractivity (Wildman–Crippen MR) is 123 cm³/mol. The monoisotopic (exact) mass is 452 g/mol. The summed E-state index contributed by atoms with van der Waals surface area (Å²) in [6.45, 7) is 5.93. The smallest absolute Gasteiger partial charge is 0.165 e. The van der Waals surface area contributed by atoms with Crippen molar-refractivity contribution in [3.05, 3.63) is 77.1 Å². The highest BCUT2D eigenvalue weighted by atomic mass is 35.5. The van der Waals surface area contributed by atoms with E-state index in [1.807, 2.05) is 26.8 Å². The van der Waals surface area contributed by atoms with Gasteiger partial charge in [-0.1, -0.05) is 17.7 Å². The molecule has 0 amide bonds. The number of fused-ring (bicyclic) bond motifs is 1. The molecule has 4 rings (SSSR count). The quantitative estimate of drug-likeness (QED) is 0.376. The molecule has 2 aromatic carbocycles. The van der Waals surface area contributed by atoms with Gasteiger partial charge >= 0.3 is 0 Å². The number of methoxy groups -OCH3 is 1. The highest BCUT2D eigenvalue weighted by molar-refractivity contribution is 6.31. The van der Waals surface area contributed by atoms with Gasteiger partial charge in [0.15, 0.2) is 17.3 Å². The molecule has 0 atom stereocenters. The lowest BCUT2D eigenvalue weighted by Gasteiger charge is -2.29. The van der Waals surface area contributed by atoms with E-state index in [4.69, 9.17) is 21.1 Å². The van der Waals surface area contributed by atoms with Gasteiger partial charge in [-0.05, 0) is 50.6 Å². The number of halogens is 2. The van der Waals surface area contributed by atoms with Crippen LogP contribution in [0, 0.1) is 12.7 Å². The van der Waals surface area contributed by atoms with Gasteiger partial charge < -0.3 is 14.8 Å². The third kappa shape index (κ3) is 4.16. The van der Waals surface area contributed by atoms with Crippen molar-refractivity contribution < 1.29 is 13.9 Å². The number of nitrogens with zero attached hydrogens (tertiary/aromatic N) is 3. The summed E-state index contributed by atoms with van der Waals surface area (Å²) in [4.78, 5) is 12.8. The first-order chi connectivity index (χ1) is 15.3. The third-order valence-corrected chi connectivity index (χ3v) is 5.45. The molecule has 0 aliphatic heterocycles. The second kappa shape index (κ2) is 8.59. The van der Waals surface area contributed by atoms with Gasteiger partial charge in [0.05, 0.1) is 23.3 Å². The van der Waals surface area contributed by atoms with Gasteiger partial charge in [0.25, 0.3) is 0 Å². The van der Waals surface area contributed by atoms with Crippen LogP contribution in [0.4, 0.5) is 15.9 Å². The highest BCUT2D eigenvalue weighted by Gasteiger charge is 2.27. The summed E-state index contributed by atoms with van der Waals surface area (Å²) in [6.07, 6.45) is 4.94. The van der Waals surface area contributed by atoms with E-state index in [-0.39, 0.29) is 10.7 Å². The average Bonchev–Trinajstić information content (AvgIpc) is 2.77. The Morgan fingerprint density at radius 3 is 2.66 bits per heavy atom. The summed E-state index contributed by atoms with van der Waals surface area (Å²) in [5.74, 6) is 0.892. The van der Waals surface area contributed by atoms with Crippen LogP contribution >= 0.6 is 11.6 Å². The normalized spacial score (nSPS) is 11.4. The van der Waals surface area contributed by atoms with Gasteiger partial charge in [0, 0.05) is 29.4 Å². The number of aryl methyl sites for hydroxylation is 1. The molecular formula is C24H22ClFN4O2. The number of rotatable bonds is 6. The molecule has 0 aliphatic rings. The minimum absolute atomic E-state index is 0.0218. The topological polar surface area (TPSA) is 69.2 Å². The molecule has 2 aromatic heterocycles. The zero-order valence-corrected chi connectivity index (χ0v) is 18.9. The van der Waals surface area contributed by atoms with Crippen LogP contribution in [0.3, 0.4) is 0 Å². The summed E-state index contributed by atoms with van der Waals surface area (Å²) in [5.41, 5.74) is 2.17. The maximum absolute atomic E-state index is 14.4. The van der Waals surface area contributed by atoms with E-state index in [1.165, 1.54) is 12.4 Å². The number of ether oxygens (including phenoxy) is 2. The van der Waals surface area contributed by atoms with Crippen molar-refractivity contribution in [3.8, 4) is 11.5 Å². The van der Waals surface area contributed by atoms with Crippen molar-refractivity contribution in [3.63, 3.8) is 0 Å². The second-order valence-corrected chi connectivity index (χ2v) is 8.18. The summed E-state index contributed by atoms with van der Waals surface area (Å²) in [7, 11) is 1.57. The average molecular weight is 453 g/mol. The van der Waals surface area contributed by atoms with Crippen LogP contribution in [-0.2, 0) is 5.60 Å². The summed E-state index contributed by atoms with van der Waals surface area (Å²) < 4.78 is 26.4. The second-order valence-electron chi connectivity index (χ2n) is 7.77. The Kier molecular flexibility index (Phi) is 5.84. The van der Waals surface area contributed by atoms with E-state index in [2.05, 4.69) is 20.3 Å². The summed E-state index contributed by atoms with van der Waals surface area (Å²) in [6, 6.07) is 10.2. The van der Waals surface area contributed by atoms with Gasteiger partial charge in [0.1, 0.15) is 17.7 Å². The van der Waals surface area contributed by atoms with Crippen LogP contribution in [-0.4, -0.2) is 22.1 Å². The predicted octanol–water partition coefficient (Wildman–Crippen LogP) is 6.19. The molecule has 0 aliphatic carbocycles. The number of aromatic nitrogens is 3. The lowest BCUT2D eigenvalue weighted by atomic mass is 9.95. The van der Waals surface area contributed by atoms with E-state index < -0.39 is 11.4 Å². The minimum Gasteiger partial charge on any atom is -0.493 e. The number of benzene rings is 2. The molecule has 0 saturated carbocycles. The van der Waals surface area contributed by atoms with Crippen molar-refractivity contribution in [2.24, 2.45) is 0 Å². The highest BCUT2D eigenvalue weighted by Crippen LogP contribution is 2.39. The lowest BCUT2D eigenvalue weighted by molar-refractivity contribution is 0.103. The van der Waals surface area contributed by atoms with Crippen LogP contribution in [0.15, 0.2) is 55.1 Å². The van der Waals surface area contributed by atoms with Crippen LogP contribution in [0.1, 0.15) is 25.0 Å². The van der Waals surface area contributed by atoms with Crippen molar-refractivity contribution >= 4 is 34.0 Å². The SMILES string of the molecule is COc1cc2ncnc(Nc3cccc(Cl)c3F)c2cc1OC(C)(C)c1ccncc1C. The molecule has 8 heteroatoms. The number of hydrogen-bond acceptors (Lipinski definition) is 6. The Hall–Kier alpha value is -3.45. The fourth-order valence-corrected chi connectivity index (χ4v) is 3.78. The van der Waals surface area contributed by atoms with Crippen molar-refractivity contribution in [1.82, 2.24) is 15.0 Å². The molecule has 164 valence electrons. The third-order valence-electron chi connectivity index (χ3n) is 5.16. The maximum atomic E-state index is 14.4. The minimum atomic E-state index is -0.670. The summed E-state index contributed by atoms with van der Waals surface area (Å²) in [5, 5.41) is 3.67. The maximum Gasteiger partial charge on any atom is 0.165 e. The van der Waals surface area contributed by atoms with E-state index in [9.17, 15) is 4.39 Å². The van der Waals surface area contributed by atoms with Gasteiger partial charge in [-0.3, -0.25) is 4.98 Å². The van der Waals surface area contributed by atoms with E-state index >= 15 is 0 Å². The van der Waals surface area contributed by atoms with E-state index in [0.717, 1.165) is 11.1 Å². The summed E-state index contributed by atoms with van der Waals surface area (Å²) >= 11 is 5.92. The molecule has 4 aromatic rings. The number of anilines is 2. The zero-order valence-electron chi connectivity index (χ0n) is 18.1. The van der Waals surface area contributed by atoms with Crippen molar-refractivity contribution in [2.45, 2.75) is 26.4 Å². The van der Waals surface area contributed by atoms with Crippen LogP contribution in [0.25, 0.3) is 10.9 Å². The molecule has 0 radical (unpaired) electrons. The van der Waals surface area contributed by atoms with E-state index in [0.29, 0.717) is 28.2 Å². The first-order valence-corrected chi connectivity index (χ1v) is 10.3. The Balaban J connectivity index is 1.79. The Labute approximate surface area is 190 Å². The first-order valence-electron chi connectivity index (χ1n) is 9.94. The van der Waals surface area contributed by atoms with Gasteiger partial charge in [-0.15, -0.1) is 0 Å². The number of hydrogen-bond donors (Lipinski definition) is 1. The molecule has 2 heterocycles. The number of nitrogens with one attached hydrogen (secondary N) is 1. The van der Waals surface area contributed by atoms with Crippen LogP contribution in [0.2, 0.25) is 5.02 Å². The largest absolute Gasteiger partial charge is 0.493 e. The van der Waals surface area contributed by atoms with Crippen LogP contribution < -0.4 is 14.8 Å². The molecule has 32 heavy (non-hydrogen) atoms. The fraction of sp³-hybridized carbons (Fsp3) is 0.208. The van der Waals surface area contributed by atoms with E-state index in [1.54, 1.807) is 43.8 Å². The zero-order chi connectivity index (χ0) is 22.9. The molecule has 0 spiro atoms. The molecule has 0 unspecified atom stereocenters. The molecule has 0 fully saturated rings. The van der Waals surface area contributed by atoms with Crippen molar-refractivity contribution in [2.75, 3.05) is 12.4 Å². The van der Waals surface area contributed by atoms with Gasteiger partial charge in [-0.25, -0.2) is 14.4 Å². The Bertz CT molecular complexity index is 1300. The molecule has 1 N–H and O–H groups in total. The molecular weight excluding hydrogens is 431 g/mol. The standard InChI is InChI=1S/C24H22ClFN4O2/c1-14-12-27-9-8-16(14)24(2,3)32-21-10-15-19(11-20(21)31-4)28-13-29-23(15)30-18-7-5-6-17(25)22(18)26/h5-13H,1-4H3,(H,28,29,30). The van der Waals surface area contributed by atoms with Gasteiger partial charge in [-0.2, -0.15) is 0 Å². The Morgan fingerprint density at radius 1 is 1.09 bits per heavy atom. The number of pyridine rings is 1.